The topological polar surface area (TPSA) is 93.2 Å². The van der Waals surface area contributed by atoms with Crippen LogP contribution in [0.4, 0.5) is 26.3 Å². The number of alkyl halides is 6. The number of fused-ring (bicyclic) bond motifs is 1. The minimum absolute atomic E-state index is 0.192. The van der Waals surface area contributed by atoms with Gasteiger partial charge in [0.05, 0.1) is 12.2 Å². The Kier molecular flexibility index (Phi) is 5.28. The van der Waals surface area contributed by atoms with Crippen LogP contribution in [0.1, 0.15) is 22.0 Å². The fourth-order valence-electron chi connectivity index (χ4n) is 2.78. The Morgan fingerprint density at radius 3 is 2.10 bits per heavy atom. The minimum atomic E-state index is -6.38. The molecular weight excluding hydrogens is 446 g/mol. The van der Waals surface area contributed by atoms with E-state index < -0.39 is 45.4 Å². The van der Waals surface area contributed by atoms with Crippen molar-refractivity contribution < 1.29 is 53.6 Å². The number of benzene rings is 2. The number of carbonyl (C=O) groups excluding carboxylic acids is 1. The summed E-state index contributed by atoms with van der Waals surface area (Å²) in [5.74, 6) is -5.00. The van der Waals surface area contributed by atoms with Crippen LogP contribution in [0.25, 0.3) is 10.8 Å². The first-order chi connectivity index (χ1) is 13.6. The highest BCUT2D eigenvalue weighted by atomic mass is 32.2. The monoisotopic (exact) mass is 458 g/mol. The van der Waals surface area contributed by atoms with E-state index in [0.29, 0.717) is 22.9 Å². The highest BCUT2D eigenvalue weighted by Gasteiger charge is 2.76. The Labute approximate surface area is 165 Å². The number of carbonyl (C=O) groups is 1. The SMILES string of the molecule is O=C(OC(CS(=O)(=O)O)(C(F)(F)F)C(F)(F)F)c1ccc2ccc(C3CO3)cc2c1. The maximum atomic E-state index is 13.3. The van der Waals surface area contributed by atoms with Crippen molar-refractivity contribution in [1.82, 2.24) is 0 Å². The number of epoxide rings is 1. The Hall–Kier alpha value is -2.38. The summed E-state index contributed by atoms with van der Waals surface area (Å²) in [6.07, 6.45) is -13.0. The first kappa shape index (κ1) is 22.3. The molecule has 0 spiro atoms. The first-order valence-electron chi connectivity index (χ1n) is 8.10. The summed E-state index contributed by atoms with van der Waals surface area (Å²) < 4.78 is 119. The molecule has 0 aromatic heterocycles. The van der Waals surface area contributed by atoms with E-state index in [1.54, 1.807) is 18.2 Å². The molecular formula is C17H12F6O6S. The van der Waals surface area contributed by atoms with Gasteiger partial charge in [-0.3, -0.25) is 4.55 Å². The van der Waals surface area contributed by atoms with E-state index in [2.05, 4.69) is 4.74 Å². The lowest BCUT2D eigenvalue weighted by molar-refractivity contribution is -0.356. The lowest BCUT2D eigenvalue weighted by atomic mass is 10.0. The number of ether oxygens (including phenoxy) is 2. The van der Waals surface area contributed by atoms with Crippen LogP contribution in [0, 0.1) is 0 Å². The summed E-state index contributed by atoms with van der Waals surface area (Å²) in [6, 6.07) is 8.09. The van der Waals surface area contributed by atoms with Crippen molar-refractivity contribution in [3.63, 3.8) is 0 Å². The molecule has 0 aliphatic carbocycles. The molecule has 0 saturated carbocycles. The Morgan fingerprint density at radius 2 is 1.60 bits per heavy atom. The van der Waals surface area contributed by atoms with Crippen molar-refractivity contribution in [1.29, 1.82) is 0 Å². The number of halogens is 6. The summed E-state index contributed by atoms with van der Waals surface area (Å²) >= 11 is 0. The van der Waals surface area contributed by atoms with Crippen LogP contribution in [-0.2, 0) is 19.6 Å². The second-order valence-corrected chi connectivity index (χ2v) is 8.03. The summed E-state index contributed by atoms with van der Waals surface area (Å²) in [5, 5.41) is 0.851. The molecule has 1 unspecified atom stereocenters. The van der Waals surface area contributed by atoms with E-state index in [9.17, 15) is 39.6 Å². The predicted octanol–water partition coefficient (Wildman–Crippen LogP) is 3.82. The second-order valence-electron chi connectivity index (χ2n) is 6.58. The molecule has 1 fully saturated rings. The fourth-order valence-corrected chi connectivity index (χ4v) is 3.68. The lowest BCUT2D eigenvalue weighted by Gasteiger charge is -2.35. The third-order valence-electron chi connectivity index (χ3n) is 4.37. The highest BCUT2D eigenvalue weighted by molar-refractivity contribution is 7.85. The molecule has 30 heavy (non-hydrogen) atoms. The van der Waals surface area contributed by atoms with Crippen molar-refractivity contribution in [3.8, 4) is 0 Å². The molecule has 0 bridgehead atoms. The molecule has 6 nitrogen and oxygen atoms in total. The first-order valence-corrected chi connectivity index (χ1v) is 9.71. The normalized spacial score (nSPS) is 17.8. The summed E-state index contributed by atoms with van der Waals surface area (Å²) in [6.45, 7) is 0.447. The fraction of sp³-hybridized carbons (Fsp3) is 0.353. The van der Waals surface area contributed by atoms with Gasteiger partial charge in [0.15, 0.2) is 0 Å². The van der Waals surface area contributed by atoms with Crippen LogP contribution in [0.3, 0.4) is 0 Å². The van der Waals surface area contributed by atoms with Gasteiger partial charge in [-0.1, -0.05) is 18.2 Å². The summed E-state index contributed by atoms with van der Waals surface area (Å²) in [4.78, 5) is 12.2. The number of hydrogen-bond acceptors (Lipinski definition) is 5. The molecule has 0 radical (unpaired) electrons. The second kappa shape index (κ2) is 7.10. The van der Waals surface area contributed by atoms with Crippen molar-refractivity contribution in [2.24, 2.45) is 0 Å². The van der Waals surface area contributed by atoms with E-state index >= 15 is 0 Å². The van der Waals surface area contributed by atoms with Crippen LogP contribution < -0.4 is 0 Å². The highest BCUT2D eigenvalue weighted by Crippen LogP contribution is 2.47. The zero-order chi connectivity index (χ0) is 22.5. The molecule has 3 rings (SSSR count). The molecule has 1 aliphatic heterocycles. The largest absolute Gasteiger partial charge is 0.438 e. The van der Waals surface area contributed by atoms with Crippen LogP contribution in [-0.4, -0.2) is 49.3 Å². The molecule has 1 heterocycles. The van der Waals surface area contributed by atoms with E-state index in [1.165, 1.54) is 6.07 Å². The van der Waals surface area contributed by atoms with Gasteiger partial charge in [-0.25, -0.2) is 4.79 Å². The Morgan fingerprint density at radius 1 is 1.03 bits per heavy atom. The molecule has 2 aromatic rings. The molecule has 164 valence electrons. The molecule has 1 saturated heterocycles. The van der Waals surface area contributed by atoms with Crippen LogP contribution in [0.15, 0.2) is 36.4 Å². The van der Waals surface area contributed by atoms with E-state index in [0.717, 1.165) is 12.1 Å². The van der Waals surface area contributed by atoms with Crippen molar-refractivity contribution in [3.05, 3.63) is 47.5 Å². The van der Waals surface area contributed by atoms with Gasteiger partial charge < -0.3 is 9.47 Å². The van der Waals surface area contributed by atoms with Gasteiger partial charge in [-0.05, 0) is 34.5 Å². The van der Waals surface area contributed by atoms with E-state index in [4.69, 9.17) is 9.29 Å². The molecule has 2 aromatic carbocycles. The molecule has 0 amide bonds. The van der Waals surface area contributed by atoms with Crippen LogP contribution >= 0.6 is 0 Å². The van der Waals surface area contributed by atoms with Gasteiger partial charge in [0, 0.05) is 0 Å². The average Bonchev–Trinajstić information content (AvgIpc) is 3.42. The predicted molar refractivity (Wildman–Crippen MR) is 89.3 cm³/mol. The third-order valence-corrected chi connectivity index (χ3v) is 5.14. The lowest BCUT2D eigenvalue weighted by Crippen LogP contribution is -2.63. The number of hydrogen-bond donors (Lipinski definition) is 1. The van der Waals surface area contributed by atoms with Crippen LogP contribution in [0.2, 0.25) is 0 Å². The standard InChI is InChI=1S/C17H12F6O6S/c18-16(19,20)15(17(21,22)23,8-30(25,26)27)29-14(24)11-4-2-9-1-3-10(13-7-28-13)5-12(9)6-11/h1-6,13H,7-8H2,(H,25,26,27). The van der Waals surface area contributed by atoms with Gasteiger partial charge in [-0.15, -0.1) is 0 Å². The Balaban J connectivity index is 2.02. The molecule has 13 heteroatoms. The maximum Gasteiger partial charge on any atom is 0.438 e. The number of rotatable bonds is 5. The molecule has 1 atom stereocenters. The van der Waals surface area contributed by atoms with Gasteiger partial charge in [-0.2, -0.15) is 34.8 Å². The van der Waals surface area contributed by atoms with Crippen molar-refractivity contribution >= 4 is 26.9 Å². The summed E-state index contributed by atoms with van der Waals surface area (Å²) in [7, 11) is -5.85. The minimum Gasteiger partial charge on any atom is -0.435 e. The Bertz CT molecular complexity index is 1070. The smallest absolute Gasteiger partial charge is 0.435 e. The van der Waals surface area contributed by atoms with Gasteiger partial charge in [0.25, 0.3) is 10.1 Å². The molecule has 1 aliphatic rings. The van der Waals surface area contributed by atoms with Gasteiger partial charge >= 0.3 is 23.9 Å². The van der Waals surface area contributed by atoms with E-state index in [1.807, 2.05) is 0 Å². The zero-order valence-corrected chi connectivity index (χ0v) is 15.4. The quantitative estimate of drug-likeness (QED) is 0.317. The number of esters is 1. The average molecular weight is 458 g/mol. The van der Waals surface area contributed by atoms with Crippen molar-refractivity contribution in [2.45, 2.75) is 24.1 Å². The van der Waals surface area contributed by atoms with Gasteiger partial charge in [0.1, 0.15) is 11.9 Å². The third kappa shape index (κ3) is 4.37. The van der Waals surface area contributed by atoms with Crippen molar-refractivity contribution in [2.75, 3.05) is 12.4 Å². The van der Waals surface area contributed by atoms with Gasteiger partial charge in [0.2, 0.25) is 0 Å². The van der Waals surface area contributed by atoms with Crippen LogP contribution in [0.5, 0.6) is 0 Å². The molecule has 1 N–H and O–H groups in total. The maximum absolute atomic E-state index is 13.3. The van der Waals surface area contributed by atoms with E-state index in [-0.39, 0.29) is 6.10 Å². The summed E-state index contributed by atoms with van der Waals surface area (Å²) in [5.41, 5.74) is -5.44. The zero-order valence-electron chi connectivity index (χ0n) is 14.6.